The van der Waals surface area contributed by atoms with E-state index in [2.05, 4.69) is 9.98 Å². The Balaban J connectivity index is 2.06. The molecule has 1 aliphatic heterocycles. The third-order valence-corrected chi connectivity index (χ3v) is 2.93. The molecule has 1 aromatic heterocycles. The molecule has 3 rings (SSSR count). The maximum absolute atomic E-state index is 12.6. The van der Waals surface area contributed by atoms with Crippen LogP contribution < -0.4 is 5.73 Å². The minimum atomic E-state index is -4.43. The summed E-state index contributed by atoms with van der Waals surface area (Å²) in [5, 5.41) is 0.634. The second kappa shape index (κ2) is 3.81. The molecule has 0 radical (unpaired) electrons. The van der Waals surface area contributed by atoms with Crippen LogP contribution in [-0.4, -0.2) is 16.9 Å². The number of anilines is 1. The summed E-state index contributed by atoms with van der Waals surface area (Å²) in [6, 6.07) is 6.44. The Morgan fingerprint density at radius 3 is 2.53 bits per heavy atom. The van der Waals surface area contributed by atoms with Gasteiger partial charge in [-0.15, -0.1) is 0 Å². The summed E-state index contributed by atoms with van der Waals surface area (Å²) >= 11 is 0. The molecular formula is C13H8F3N3. The second-order valence-electron chi connectivity index (χ2n) is 4.15. The third kappa shape index (κ3) is 1.85. The SMILES string of the molecule is Nc1ccnc2ccc(C3=CN=C3C(F)(F)F)cc12. The smallest absolute Gasteiger partial charge is 0.398 e. The number of rotatable bonds is 1. The lowest BCUT2D eigenvalue weighted by Crippen LogP contribution is -2.27. The number of halogens is 3. The molecule has 0 bridgehead atoms. The fourth-order valence-electron chi connectivity index (χ4n) is 1.97. The Morgan fingerprint density at radius 2 is 1.89 bits per heavy atom. The van der Waals surface area contributed by atoms with Gasteiger partial charge in [-0.25, -0.2) is 0 Å². The van der Waals surface area contributed by atoms with Crippen molar-refractivity contribution in [2.75, 3.05) is 5.73 Å². The topological polar surface area (TPSA) is 51.3 Å². The first kappa shape index (κ1) is 11.7. The lowest BCUT2D eigenvalue weighted by molar-refractivity contribution is -0.0576. The van der Waals surface area contributed by atoms with Crippen molar-refractivity contribution in [2.24, 2.45) is 4.99 Å². The lowest BCUT2D eigenvalue weighted by atomic mass is 9.96. The number of alkyl halides is 3. The average molecular weight is 263 g/mol. The standard InChI is InChI=1S/C13H8F3N3/c14-13(15,16)12-9(6-19-12)7-1-2-11-8(5-7)10(17)3-4-18-11/h1-6H,(H2,17,18). The molecule has 0 saturated carbocycles. The molecule has 0 aliphatic carbocycles. The molecule has 19 heavy (non-hydrogen) atoms. The summed E-state index contributed by atoms with van der Waals surface area (Å²) in [7, 11) is 0. The van der Waals surface area contributed by atoms with Crippen molar-refractivity contribution in [1.82, 2.24) is 4.98 Å². The summed E-state index contributed by atoms with van der Waals surface area (Å²) in [5.41, 5.74) is 6.59. The molecule has 1 aliphatic rings. The number of allylic oxidation sites excluding steroid dienone is 1. The quantitative estimate of drug-likeness (QED) is 0.859. The van der Waals surface area contributed by atoms with Crippen LogP contribution in [0.4, 0.5) is 18.9 Å². The van der Waals surface area contributed by atoms with Crippen LogP contribution in [0.15, 0.2) is 41.7 Å². The van der Waals surface area contributed by atoms with Gasteiger partial charge >= 0.3 is 6.18 Å². The van der Waals surface area contributed by atoms with E-state index in [0.29, 0.717) is 22.2 Å². The van der Waals surface area contributed by atoms with E-state index in [1.807, 2.05) is 0 Å². The number of pyridine rings is 1. The molecule has 3 nitrogen and oxygen atoms in total. The first-order valence-electron chi connectivity index (χ1n) is 5.47. The molecule has 0 saturated heterocycles. The van der Waals surface area contributed by atoms with Crippen LogP contribution in [0.3, 0.4) is 0 Å². The number of aromatic nitrogens is 1. The average Bonchev–Trinajstić information content (AvgIpc) is 2.26. The molecule has 0 fully saturated rings. The number of nitrogens with zero attached hydrogens (tertiary/aromatic N) is 2. The van der Waals surface area contributed by atoms with Gasteiger partial charge in [-0.1, -0.05) is 6.07 Å². The fourth-order valence-corrected chi connectivity index (χ4v) is 1.97. The van der Waals surface area contributed by atoms with Crippen LogP contribution in [0, 0.1) is 0 Å². The molecule has 1 aromatic carbocycles. The predicted molar refractivity (Wildman–Crippen MR) is 67.6 cm³/mol. The van der Waals surface area contributed by atoms with Crippen LogP contribution in [0.2, 0.25) is 0 Å². The van der Waals surface area contributed by atoms with Gasteiger partial charge in [-0.2, -0.15) is 13.2 Å². The molecule has 0 atom stereocenters. The van der Waals surface area contributed by atoms with E-state index in [1.165, 1.54) is 6.20 Å². The van der Waals surface area contributed by atoms with E-state index in [-0.39, 0.29) is 5.57 Å². The number of benzene rings is 1. The normalized spacial score (nSPS) is 14.9. The van der Waals surface area contributed by atoms with Gasteiger partial charge in [0.1, 0.15) is 0 Å². The Hall–Kier alpha value is -2.37. The molecule has 96 valence electrons. The van der Waals surface area contributed by atoms with Crippen molar-refractivity contribution in [3.63, 3.8) is 0 Å². The molecule has 2 aromatic rings. The summed E-state index contributed by atoms with van der Waals surface area (Å²) in [4.78, 5) is 7.39. The summed E-state index contributed by atoms with van der Waals surface area (Å²) in [6.45, 7) is 0. The summed E-state index contributed by atoms with van der Waals surface area (Å²) in [5.74, 6) is 0. The van der Waals surface area contributed by atoms with E-state index >= 15 is 0 Å². The zero-order valence-electron chi connectivity index (χ0n) is 9.57. The Morgan fingerprint density at radius 1 is 1.11 bits per heavy atom. The van der Waals surface area contributed by atoms with Crippen LogP contribution in [0.5, 0.6) is 0 Å². The highest BCUT2D eigenvalue weighted by Gasteiger charge is 2.41. The van der Waals surface area contributed by atoms with Crippen molar-refractivity contribution in [2.45, 2.75) is 6.18 Å². The number of hydrogen-bond donors (Lipinski definition) is 1. The zero-order valence-corrected chi connectivity index (χ0v) is 9.57. The molecule has 0 amide bonds. The van der Waals surface area contributed by atoms with Gasteiger partial charge in [0.25, 0.3) is 0 Å². The zero-order chi connectivity index (χ0) is 13.6. The van der Waals surface area contributed by atoms with Gasteiger partial charge in [-0.3, -0.25) is 9.98 Å². The van der Waals surface area contributed by atoms with E-state index < -0.39 is 11.9 Å². The number of fused-ring (bicyclic) bond motifs is 1. The number of nitrogens with two attached hydrogens (primary N) is 1. The summed E-state index contributed by atoms with van der Waals surface area (Å²) in [6.07, 6.45) is -1.67. The highest BCUT2D eigenvalue weighted by atomic mass is 19.4. The maximum atomic E-state index is 12.6. The summed E-state index contributed by atoms with van der Waals surface area (Å²) < 4.78 is 37.9. The van der Waals surface area contributed by atoms with Crippen molar-refractivity contribution in [3.05, 3.63) is 42.2 Å². The largest absolute Gasteiger partial charge is 0.434 e. The predicted octanol–water partition coefficient (Wildman–Crippen LogP) is 3.17. The van der Waals surface area contributed by atoms with Crippen LogP contribution in [-0.2, 0) is 0 Å². The van der Waals surface area contributed by atoms with Gasteiger partial charge in [0.2, 0.25) is 0 Å². The Kier molecular flexibility index (Phi) is 2.35. The molecule has 0 spiro atoms. The first-order valence-corrected chi connectivity index (χ1v) is 5.47. The molecule has 2 N–H and O–H groups in total. The number of aliphatic imine (C=N–C) groups is 1. The maximum Gasteiger partial charge on any atom is 0.434 e. The van der Waals surface area contributed by atoms with E-state index in [0.717, 1.165) is 0 Å². The van der Waals surface area contributed by atoms with Crippen molar-refractivity contribution < 1.29 is 13.2 Å². The fraction of sp³-hybridized carbons (Fsp3) is 0.0769. The minimum absolute atomic E-state index is 0.0812. The van der Waals surface area contributed by atoms with Crippen LogP contribution in [0.1, 0.15) is 5.56 Å². The second-order valence-corrected chi connectivity index (χ2v) is 4.15. The lowest BCUT2D eigenvalue weighted by Gasteiger charge is -2.19. The van der Waals surface area contributed by atoms with Gasteiger partial charge < -0.3 is 5.73 Å². The third-order valence-electron chi connectivity index (χ3n) is 2.93. The number of nitrogen functional groups attached to an aromatic ring is 1. The molecule has 6 heteroatoms. The van der Waals surface area contributed by atoms with Crippen LogP contribution >= 0.6 is 0 Å². The van der Waals surface area contributed by atoms with Crippen molar-refractivity contribution >= 4 is 27.9 Å². The Bertz CT molecular complexity index is 729. The monoisotopic (exact) mass is 263 g/mol. The Labute approximate surface area is 106 Å². The number of hydrogen-bond acceptors (Lipinski definition) is 3. The van der Waals surface area contributed by atoms with E-state index in [1.54, 1.807) is 30.5 Å². The van der Waals surface area contributed by atoms with Crippen molar-refractivity contribution in [3.8, 4) is 0 Å². The highest BCUT2D eigenvalue weighted by Crippen LogP contribution is 2.34. The van der Waals surface area contributed by atoms with Gasteiger partial charge in [-0.05, 0) is 23.8 Å². The van der Waals surface area contributed by atoms with Gasteiger partial charge in [0.15, 0.2) is 5.71 Å². The van der Waals surface area contributed by atoms with E-state index in [4.69, 9.17) is 5.73 Å². The first-order chi connectivity index (χ1) is 8.97. The van der Waals surface area contributed by atoms with Crippen LogP contribution in [0.25, 0.3) is 16.5 Å². The highest BCUT2D eigenvalue weighted by molar-refractivity contribution is 6.30. The molecule has 0 unspecified atom stereocenters. The molecule has 2 heterocycles. The minimum Gasteiger partial charge on any atom is -0.398 e. The molecular weight excluding hydrogens is 255 g/mol. The van der Waals surface area contributed by atoms with E-state index in [9.17, 15) is 13.2 Å². The van der Waals surface area contributed by atoms with Crippen molar-refractivity contribution in [1.29, 1.82) is 0 Å². The van der Waals surface area contributed by atoms with Gasteiger partial charge in [0, 0.05) is 29.0 Å². The van der Waals surface area contributed by atoms with Gasteiger partial charge in [0.05, 0.1) is 5.52 Å².